The first kappa shape index (κ1) is 8.87. The van der Waals surface area contributed by atoms with E-state index in [2.05, 4.69) is 0 Å². The van der Waals surface area contributed by atoms with Gasteiger partial charge in [-0.15, -0.1) is 0 Å². The van der Waals surface area contributed by atoms with E-state index in [1.54, 1.807) is 0 Å². The molecular formula is N4Ti. The number of hydrogen-bond donors (Lipinski definition) is 0. The predicted molar refractivity (Wildman–Crippen MR) is 11.6 cm³/mol. The minimum Gasteiger partial charge on any atom is -0.500 e. The van der Waals surface area contributed by atoms with Gasteiger partial charge in [-0.3, -0.25) is 0 Å². The summed E-state index contributed by atoms with van der Waals surface area (Å²) in [5.41, 5.74) is 14.2. The topological polar surface area (TPSA) is 69.3 Å². The van der Waals surface area contributed by atoms with Gasteiger partial charge in [-0.1, -0.05) is 0 Å². The minimum absolute atomic E-state index is 0. The molecule has 0 aromatic heterocycles. The standard InChI is InChI=1S/N4.Ti/c1-3-4-2;/q-2;+2. The van der Waals surface area contributed by atoms with Crippen LogP contribution < -0.4 is 0 Å². The van der Waals surface area contributed by atoms with Crippen LogP contribution in [0.25, 0.3) is 11.1 Å². The zero-order chi connectivity index (χ0) is 3.41. The fourth-order valence-corrected chi connectivity index (χ4v) is 0. The summed E-state index contributed by atoms with van der Waals surface area (Å²) in [6.07, 6.45) is 0. The quantitative estimate of drug-likeness (QED) is 0.270. The second-order valence-electron chi connectivity index (χ2n) is 0.179. The van der Waals surface area contributed by atoms with Gasteiger partial charge in [0.1, 0.15) is 0 Å². The summed E-state index contributed by atoms with van der Waals surface area (Å²) in [4.78, 5) is 0. The van der Waals surface area contributed by atoms with Gasteiger partial charge >= 0.3 is 21.7 Å². The molecule has 0 saturated carbocycles. The van der Waals surface area contributed by atoms with Crippen molar-refractivity contribution in [2.45, 2.75) is 0 Å². The van der Waals surface area contributed by atoms with Gasteiger partial charge in [0.2, 0.25) is 0 Å². The van der Waals surface area contributed by atoms with Crippen LogP contribution in [0.2, 0.25) is 0 Å². The Kier molecular flexibility index (Phi) is 16.1. The Hall–Kier alpha value is -0.0857. The molecule has 0 aromatic rings. The van der Waals surface area contributed by atoms with E-state index in [0.29, 0.717) is 0 Å². The summed E-state index contributed by atoms with van der Waals surface area (Å²) < 4.78 is 0. The molecule has 0 N–H and O–H groups in total. The molecule has 0 atom stereocenters. The van der Waals surface area contributed by atoms with Gasteiger partial charge in [-0.05, 0) is 0 Å². The van der Waals surface area contributed by atoms with E-state index < -0.39 is 0 Å². The molecule has 0 aliphatic heterocycles. The minimum atomic E-state index is 0. The van der Waals surface area contributed by atoms with Crippen LogP contribution >= 0.6 is 0 Å². The maximum absolute atomic E-state index is 7.08. The summed E-state index contributed by atoms with van der Waals surface area (Å²) in [6, 6.07) is 0. The van der Waals surface area contributed by atoms with Crippen LogP contribution in [-0.2, 0) is 21.7 Å². The second-order valence-corrected chi connectivity index (χ2v) is 0.179. The molecule has 0 rings (SSSR count). The Morgan fingerprint density at radius 1 is 1.00 bits per heavy atom. The first-order valence-corrected chi connectivity index (χ1v) is 0.600. The normalized spacial score (nSPS) is 4.00. The van der Waals surface area contributed by atoms with E-state index in [1.165, 1.54) is 0 Å². The summed E-state index contributed by atoms with van der Waals surface area (Å²) in [7, 11) is 0. The zero-order valence-electron chi connectivity index (χ0n) is 2.29. The van der Waals surface area contributed by atoms with Crippen molar-refractivity contribution >= 4 is 0 Å². The van der Waals surface area contributed by atoms with Gasteiger partial charge in [-0.2, -0.15) is 0 Å². The fraction of sp³-hybridized carbons (Fsp3) is 0. The molecule has 0 spiro atoms. The molecule has 0 fully saturated rings. The summed E-state index contributed by atoms with van der Waals surface area (Å²) in [5, 5.41) is 3.83. The molecule has 0 bridgehead atoms. The molecule has 0 aliphatic carbocycles. The molecule has 5 heteroatoms. The Labute approximate surface area is 43.8 Å². The Bertz CT molecular complexity index is 24.6. The monoisotopic (exact) mass is 104 g/mol. The molecule has 5 heavy (non-hydrogen) atoms. The van der Waals surface area contributed by atoms with Crippen LogP contribution in [0.1, 0.15) is 0 Å². The molecular weight excluding hydrogens is 104 g/mol. The van der Waals surface area contributed by atoms with Gasteiger partial charge in [0.15, 0.2) is 0 Å². The second kappa shape index (κ2) is 9.07. The first-order chi connectivity index (χ1) is 1.91. The van der Waals surface area contributed by atoms with Gasteiger partial charge in [-0.25, -0.2) is 0 Å². The fourth-order valence-electron chi connectivity index (χ4n) is 0. The maximum Gasteiger partial charge on any atom is 2.00 e. The van der Waals surface area contributed by atoms with Crippen LogP contribution in [0, 0.1) is 0 Å². The predicted octanol–water partition coefficient (Wildman–Crippen LogP) is 0.942. The van der Waals surface area contributed by atoms with E-state index in [-0.39, 0.29) is 21.7 Å². The molecule has 0 heterocycles. The Morgan fingerprint density at radius 2 is 1.20 bits per heavy atom. The van der Waals surface area contributed by atoms with Crippen molar-refractivity contribution in [2.75, 3.05) is 0 Å². The molecule has 0 aliphatic rings. The smallest absolute Gasteiger partial charge is 0.500 e. The molecule has 24 valence electrons. The van der Waals surface area contributed by atoms with E-state index in [0.717, 1.165) is 0 Å². The van der Waals surface area contributed by atoms with Gasteiger partial charge < -0.3 is 21.5 Å². The Morgan fingerprint density at radius 3 is 1.20 bits per heavy atom. The number of rotatable bonds is 1. The Balaban J connectivity index is 0. The van der Waals surface area contributed by atoms with Crippen molar-refractivity contribution in [3.63, 3.8) is 0 Å². The average Bonchev–Trinajstić information content (AvgIpc) is 1.37. The van der Waals surface area contributed by atoms with Crippen LogP contribution in [0.15, 0.2) is 10.4 Å². The third-order valence-corrected chi connectivity index (χ3v) is 0.0400. The SMILES string of the molecule is [N-]=NN=[N-].[Ti+2]. The van der Waals surface area contributed by atoms with Crippen LogP contribution in [0.4, 0.5) is 0 Å². The number of nitrogens with zero attached hydrogens (tertiary/aromatic N) is 4. The first-order valence-electron chi connectivity index (χ1n) is 0.600. The van der Waals surface area contributed by atoms with Crippen LogP contribution in [0.5, 0.6) is 0 Å². The molecule has 0 radical (unpaired) electrons. The third-order valence-electron chi connectivity index (χ3n) is 0.0400. The van der Waals surface area contributed by atoms with Crippen molar-refractivity contribution in [1.82, 2.24) is 0 Å². The zero-order valence-corrected chi connectivity index (χ0v) is 3.85. The van der Waals surface area contributed by atoms with Gasteiger partial charge in [0.05, 0.1) is 0 Å². The van der Waals surface area contributed by atoms with Crippen molar-refractivity contribution in [3.05, 3.63) is 11.1 Å². The molecule has 4 nitrogen and oxygen atoms in total. The third kappa shape index (κ3) is 17.2. The molecule has 0 aromatic carbocycles. The van der Waals surface area contributed by atoms with E-state index in [4.69, 9.17) is 11.1 Å². The van der Waals surface area contributed by atoms with Crippen molar-refractivity contribution in [2.24, 2.45) is 10.4 Å². The van der Waals surface area contributed by atoms with E-state index >= 15 is 0 Å². The van der Waals surface area contributed by atoms with Crippen LogP contribution in [-0.4, -0.2) is 0 Å². The largest absolute Gasteiger partial charge is 2.00 e. The summed E-state index contributed by atoms with van der Waals surface area (Å²) >= 11 is 0. The van der Waals surface area contributed by atoms with E-state index in [9.17, 15) is 0 Å². The van der Waals surface area contributed by atoms with Crippen molar-refractivity contribution < 1.29 is 21.7 Å². The number of hydrogen-bond acceptors (Lipinski definition) is 0. The average molecular weight is 104 g/mol. The summed E-state index contributed by atoms with van der Waals surface area (Å²) in [5.74, 6) is 0. The van der Waals surface area contributed by atoms with Gasteiger partial charge in [0, 0.05) is 0 Å². The van der Waals surface area contributed by atoms with Crippen molar-refractivity contribution in [1.29, 1.82) is 0 Å². The van der Waals surface area contributed by atoms with Gasteiger partial charge in [0.25, 0.3) is 0 Å². The van der Waals surface area contributed by atoms with Crippen molar-refractivity contribution in [3.8, 4) is 0 Å². The molecule has 0 saturated heterocycles. The molecule has 0 amide bonds. The maximum atomic E-state index is 7.08. The van der Waals surface area contributed by atoms with E-state index in [1.807, 2.05) is 10.4 Å². The van der Waals surface area contributed by atoms with Crippen LogP contribution in [0.3, 0.4) is 0 Å². The summed E-state index contributed by atoms with van der Waals surface area (Å²) in [6.45, 7) is 0. The molecule has 0 unspecified atom stereocenters.